The SMILES string of the molecule is CCOC(=O)c1cnc(SC(CC)C(=O)O)nc1N. The Bertz CT molecular complexity index is 481. The summed E-state index contributed by atoms with van der Waals surface area (Å²) in [7, 11) is 0. The van der Waals surface area contributed by atoms with Crippen LogP contribution in [-0.4, -0.2) is 38.9 Å². The largest absolute Gasteiger partial charge is 0.480 e. The molecule has 1 aromatic rings. The van der Waals surface area contributed by atoms with Gasteiger partial charge in [0.05, 0.1) is 6.61 Å². The number of rotatable bonds is 6. The molecule has 0 bridgehead atoms. The van der Waals surface area contributed by atoms with Crippen molar-refractivity contribution in [2.75, 3.05) is 12.3 Å². The van der Waals surface area contributed by atoms with Crippen molar-refractivity contribution in [1.29, 1.82) is 0 Å². The minimum atomic E-state index is -0.941. The van der Waals surface area contributed by atoms with E-state index < -0.39 is 17.2 Å². The predicted octanol–water partition coefficient (Wildman–Crippen LogP) is 1.19. The van der Waals surface area contributed by atoms with Crippen LogP contribution in [-0.2, 0) is 9.53 Å². The number of carbonyl (C=O) groups is 2. The molecule has 0 saturated heterocycles. The summed E-state index contributed by atoms with van der Waals surface area (Å²) < 4.78 is 4.79. The van der Waals surface area contributed by atoms with Crippen LogP contribution in [0.4, 0.5) is 5.82 Å². The summed E-state index contributed by atoms with van der Waals surface area (Å²) in [4.78, 5) is 30.2. The van der Waals surface area contributed by atoms with Crippen LogP contribution >= 0.6 is 11.8 Å². The number of hydrogen-bond donors (Lipinski definition) is 2. The second-order valence-corrected chi connectivity index (χ2v) is 4.69. The number of nitrogens with two attached hydrogens (primary N) is 1. The number of aromatic nitrogens is 2. The molecule has 8 heteroatoms. The third-order valence-corrected chi connectivity index (χ3v) is 3.41. The van der Waals surface area contributed by atoms with Gasteiger partial charge in [-0.05, 0) is 13.3 Å². The van der Waals surface area contributed by atoms with Gasteiger partial charge in [0, 0.05) is 6.20 Å². The van der Waals surface area contributed by atoms with Crippen molar-refractivity contribution in [2.45, 2.75) is 30.7 Å². The number of hydrogen-bond acceptors (Lipinski definition) is 7. The Balaban J connectivity index is 2.87. The van der Waals surface area contributed by atoms with E-state index in [4.69, 9.17) is 15.6 Å². The topological polar surface area (TPSA) is 115 Å². The van der Waals surface area contributed by atoms with E-state index in [0.717, 1.165) is 11.8 Å². The van der Waals surface area contributed by atoms with Crippen LogP contribution in [0.15, 0.2) is 11.4 Å². The number of esters is 1. The molecule has 0 amide bonds. The van der Waals surface area contributed by atoms with Gasteiger partial charge in [-0.3, -0.25) is 4.79 Å². The van der Waals surface area contributed by atoms with Crippen molar-refractivity contribution < 1.29 is 19.4 Å². The maximum atomic E-state index is 11.5. The van der Waals surface area contributed by atoms with Gasteiger partial charge in [0.15, 0.2) is 5.16 Å². The minimum absolute atomic E-state index is 0.0174. The molecule has 1 atom stereocenters. The van der Waals surface area contributed by atoms with Crippen molar-refractivity contribution in [3.05, 3.63) is 11.8 Å². The Morgan fingerprint density at radius 2 is 2.21 bits per heavy atom. The molecule has 1 heterocycles. The second-order valence-electron chi connectivity index (χ2n) is 3.52. The van der Waals surface area contributed by atoms with Crippen molar-refractivity contribution in [1.82, 2.24) is 9.97 Å². The summed E-state index contributed by atoms with van der Waals surface area (Å²) in [5, 5.41) is 8.51. The molecule has 0 aliphatic rings. The fourth-order valence-electron chi connectivity index (χ4n) is 1.24. The number of carbonyl (C=O) groups excluding carboxylic acids is 1. The Kier molecular flexibility index (Phi) is 5.56. The molecule has 104 valence electrons. The Morgan fingerprint density at radius 3 is 2.68 bits per heavy atom. The van der Waals surface area contributed by atoms with Gasteiger partial charge in [-0.1, -0.05) is 18.7 Å². The summed E-state index contributed by atoms with van der Waals surface area (Å²) in [5.41, 5.74) is 5.71. The molecule has 1 unspecified atom stereocenters. The summed E-state index contributed by atoms with van der Waals surface area (Å²) in [5.74, 6) is -1.55. The Labute approximate surface area is 114 Å². The van der Waals surface area contributed by atoms with Crippen LogP contribution in [0.25, 0.3) is 0 Å². The van der Waals surface area contributed by atoms with Crippen LogP contribution in [0, 0.1) is 0 Å². The number of carboxylic acid groups (broad SMARTS) is 1. The molecule has 3 N–H and O–H groups in total. The fraction of sp³-hybridized carbons (Fsp3) is 0.455. The summed E-state index contributed by atoms with van der Waals surface area (Å²) >= 11 is 0.991. The van der Waals surface area contributed by atoms with Crippen molar-refractivity contribution >= 4 is 29.5 Å². The lowest BCUT2D eigenvalue weighted by Gasteiger charge is -2.09. The van der Waals surface area contributed by atoms with E-state index in [0.29, 0.717) is 6.42 Å². The summed E-state index contributed by atoms with van der Waals surface area (Å²) in [6.07, 6.45) is 1.68. The van der Waals surface area contributed by atoms with Gasteiger partial charge in [0.2, 0.25) is 0 Å². The molecular weight excluding hydrogens is 270 g/mol. The molecular formula is C11H15N3O4S. The number of anilines is 1. The molecule has 0 radical (unpaired) electrons. The number of ether oxygens (including phenoxy) is 1. The fourth-order valence-corrected chi connectivity index (χ4v) is 2.02. The van der Waals surface area contributed by atoms with Crippen LogP contribution in [0.3, 0.4) is 0 Å². The third-order valence-electron chi connectivity index (χ3n) is 2.19. The molecule has 1 aromatic heterocycles. The van der Waals surface area contributed by atoms with Gasteiger partial charge in [-0.15, -0.1) is 0 Å². The number of nitrogen functional groups attached to an aromatic ring is 1. The molecule has 0 fully saturated rings. The number of thioether (sulfide) groups is 1. The maximum Gasteiger partial charge on any atom is 0.343 e. The molecule has 7 nitrogen and oxygen atoms in total. The van der Waals surface area contributed by atoms with E-state index in [2.05, 4.69) is 9.97 Å². The number of carboxylic acids is 1. The Morgan fingerprint density at radius 1 is 1.53 bits per heavy atom. The molecule has 0 aliphatic heterocycles. The van der Waals surface area contributed by atoms with Crippen molar-refractivity contribution in [3.8, 4) is 0 Å². The van der Waals surface area contributed by atoms with E-state index in [1.807, 2.05) is 0 Å². The molecule has 0 aromatic carbocycles. The maximum absolute atomic E-state index is 11.5. The quantitative estimate of drug-likeness (QED) is 0.455. The average Bonchev–Trinajstić information content (AvgIpc) is 2.35. The van der Waals surface area contributed by atoms with Gasteiger partial charge >= 0.3 is 11.9 Å². The molecule has 0 saturated carbocycles. The predicted molar refractivity (Wildman–Crippen MR) is 70.0 cm³/mol. The number of aliphatic carboxylic acids is 1. The van der Waals surface area contributed by atoms with E-state index in [-0.39, 0.29) is 23.1 Å². The highest BCUT2D eigenvalue weighted by Crippen LogP contribution is 2.23. The summed E-state index contributed by atoms with van der Waals surface area (Å²) in [6, 6.07) is 0. The molecule has 0 spiro atoms. The van der Waals surface area contributed by atoms with Crippen molar-refractivity contribution in [2.24, 2.45) is 0 Å². The van der Waals surface area contributed by atoms with Crippen LogP contribution < -0.4 is 5.73 Å². The zero-order valence-corrected chi connectivity index (χ0v) is 11.4. The first kappa shape index (κ1) is 15.2. The van der Waals surface area contributed by atoms with E-state index in [1.165, 1.54) is 6.20 Å². The highest BCUT2D eigenvalue weighted by atomic mass is 32.2. The van der Waals surface area contributed by atoms with Crippen molar-refractivity contribution in [3.63, 3.8) is 0 Å². The zero-order chi connectivity index (χ0) is 14.4. The van der Waals surface area contributed by atoms with Gasteiger partial charge in [-0.25, -0.2) is 14.8 Å². The first-order valence-electron chi connectivity index (χ1n) is 5.68. The van der Waals surface area contributed by atoms with Crippen LogP contribution in [0.2, 0.25) is 0 Å². The average molecular weight is 285 g/mol. The van der Waals surface area contributed by atoms with Crippen LogP contribution in [0.5, 0.6) is 0 Å². The van der Waals surface area contributed by atoms with E-state index >= 15 is 0 Å². The number of nitrogens with zero attached hydrogens (tertiary/aromatic N) is 2. The Hall–Kier alpha value is -1.83. The first-order valence-corrected chi connectivity index (χ1v) is 6.56. The van der Waals surface area contributed by atoms with Crippen LogP contribution in [0.1, 0.15) is 30.6 Å². The minimum Gasteiger partial charge on any atom is -0.480 e. The lowest BCUT2D eigenvalue weighted by atomic mass is 10.3. The third kappa shape index (κ3) is 4.09. The smallest absolute Gasteiger partial charge is 0.343 e. The van der Waals surface area contributed by atoms with E-state index in [9.17, 15) is 9.59 Å². The monoisotopic (exact) mass is 285 g/mol. The second kappa shape index (κ2) is 6.93. The lowest BCUT2D eigenvalue weighted by molar-refractivity contribution is -0.136. The van der Waals surface area contributed by atoms with E-state index in [1.54, 1.807) is 13.8 Å². The zero-order valence-electron chi connectivity index (χ0n) is 10.6. The van der Waals surface area contributed by atoms with Gasteiger partial charge < -0.3 is 15.6 Å². The lowest BCUT2D eigenvalue weighted by Crippen LogP contribution is -2.16. The summed E-state index contributed by atoms with van der Waals surface area (Å²) in [6.45, 7) is 3.66. The van der Waals surface area contributed by atoms with Gasteiger partial charge in [0.1, 0.15) is 16.6 Å². The molecule has 1 rings (SSSR count). The standard InChI is InChI=1S/C11H15N3O4S/c1-3-7(9(15)16)19-11-13-5-6(8(12)14-11)10(17)18-4-2/h5,7H,3-4H2,1-2H3,(H,15,16)(H2,12,13,14). The van der Waals surface area contributed by atoms with Gasteiger partial charge in [-0.2, -0.15) is 0 Å². The molecule has 19 heavy (non-hydrogen) atoms. The normalized spacial score (nSPS) is 11.9. The highest BCUT2D eigenvalue weighted by molar-refractivity contribution is 8.00. The molecule has 0 aliphatic carbocycles. The first-order chi connectivity index (χ1) is 8.99. The van der Waals surface area contributed by atoms with Gasteiger partial charge in [0.25, 0.3) is 0 Å². The highest BCUT2D eigenvalue weighted by Gasteiger charge is 2.20.